The molecule has 0 aromatic heterocycles. The summed E-state index contributed by atoms with van der Waals surface area (Å²) in [4.78, 5) is 0. The van der Waals surface area contributed by atoms with Gasteiger partial charge in [0, 0.05) is 25.0 Å². The third-order valence-corrected chi connectivity index (χ3v) is 5.14. The maximum atomic E-state index is 6.42. The smallest absolute Gasteiger partial charge is 0.0470 e. The highest BCUT2D eigenvalue weighted by Crippen LogP contribution is 2.41. The molecular weight excluding hydrogens is 242 g/mol. The fraction of sp³-hybridized carbons (Fsp3) is 0.600. The summed E-state index contributed by atoms with van der Waals surface area (Å²) >= 11 is 2.01. The molecule has 1 aromatic rings. The average molecular weight is 265 g/mol. The standard InChI is InChI=1S/C15H23NOS/c1-11-10-14(18-9-5-8-17-2)15(16)13-7-4-3-6-12(11)13/h3-4,6-7,11,14-15H,5,8-10,16H2,1-2H3. The van der Waals surface area contributed by atoms with Crippen molar-refractivity contribution in [3.05, 3.63) is 35.4 Å². The summed E-state index contributed by atoms with van der Waals surface area (Å²) in [5.41, 5.74) is 9.21. The maximum absolute atomic E-state index is 6.42. The molecule has 0 saturated carbocycles. The molecule has 2 nitrogen and oxygen atoms in total. The van der Waals surface area contributed by atoms with Crippen molar-refractivity contribution in [3.63, 3.8) is 0 Å². The molecule has 0 aliphatic heterocycles. The molecular formula is C15H23NOS. The SMILES string of the molecule is COCCCSC1CC(C)c2ccccc2C1N. The van der Waals surface area contributed by atoms with E-state index in [1.165, 1.54) is 17.5 Å². The number of fused-ring (bicyclic) bond motifs is 1. The van der Waals surface area contributed by atoms with Gasteiger partial charge in [-0.1, -0.05) is 31.2 Å². The first-order chi connectivity index (χ1) is 8.74. The molecule has 2 N–H and O–H groups in total. The molecule has 100 valence electrons. The van der Waals surface area contributed by atoms with Crippen LogP contribution in [0.2, 0.25) is 0 Å². The van der Waals surface area contributed by atoms with Crippen molar-refractivity contribution in [2.75, 3.05) is 19.5 Å². The Kier molecular flexibility index (Phi) is 5.10. The lowest BCUT2D eigenvalue weighted by atomic mass is 9.81. The van der Waals surface area contributed by atoms with Crippen molar-refractivity contribution in [1.29, 1.82) is 0 Å². The van der Waals surface area contributed by atoms with Gasteiger partial charge in [-0.3, -0.25) is 0 Å². The Morgan fingerprint density at radius 1 is 1.33 bits per heavy atom. The minimum absolute atomic E-state index is 0.185. The van der Waals surface area contributed by atoms with Gasteiger partial charge in [-0.15, -0.1) is 0 Å². The van der Waals surface area contributed by atoms with Crippen molar-refractivity contribution in [3.8, 4) is 0 Å². The zero-order valence-corrected chi connectivity index (χ0v) is 12.1. The van der Waals surface area contributed by atoms with Gasteiger partial charge in [-0.2, -0.15) is 11.8 Å². The van der Waals surface area contributed by atoms with E-state index in [1.807, 2.05) is 11.8 Å². The summed E-state index contributed by atoms with van der Waals surface area (Å²) in [5, 5.41) is 0.548. The van der Waals surface area contributed by atoms with E-state index in [1.54, 1.807) is 7.11 Å². The number of hydrogen-bond donors (Lipinski definition) is 1. The highest BCUT2D eigenvalue weighted by atomic mass is 32.2. The predicted octanol–water partition coefficient (Wildman–Crippen LogP) is 3.33. The molecule has 2 rings (SSSR count). The Labute approximate surface area is 114 Å². The Bertz CT molecular complexity index is 383. The number of hydrogen-bond acceptors (Lipinski definition) is 3. The lowest BCUT2D eigenvalue weighted by Crippen LogP contribution is -2.31. The molecule has 0 heterocycles. The van der Waals surface area contributed by atoms with Crippen LogP contribution in [0.4, 0.5) is 0 Å². The number of nitrogens with two attached hydrogens (primary N) is 1. The van der Waals surface area contributed by atoms with Crippen LogP contribution < -0.4 is 5.73 Å². The van der Waals surface area contributed by atoms with Crippen LogP contribution >= 0.6 is 11.8 Å². The van der Waals surface area contributed by atoms with E-state index in [4.69, 9.17) is 10.5 Å². The zero-order chi connectivity index (χ0) is 13.0. The fourth-order valence-corrected chi connectivity index (χ4v) is 4.06. The lowest BCUT2D eigenvalue weighted by molar-refractivity contribution is 0.200. The van der Waals surface area contributed by atoms with Crippen molar-refractivity contribution >= 4 is 11.8 Å². The molecule has 18 heavy (non-hydrogen) atoms. The van der Waals surface area contributed by atoms with Crippen LogP contribution in [0.3, 0.4) is 0 Å². The van der Waals surface area contributed by atoms with E-state index >= 15 is 0 Å². The highest BCUT2D eigenvalue weighted by Gasteiger charge is 2.30. The third kappa shape index (κ3) is 3.08. The molecule has 0 saturated heterocycles. The van der Waals surface area contributed by atoms with Crippen LogP contribution in [-0.2, 0) is 4.74 Å². The van der Waals surface area contributed by atoms with Crippen molar-refractivity contribution < 1.29 is 4.74 Å². The van der Waals surface area contributed by atoms with E-state index in [9.17, 15) is 0 Å². The molecule has 1 aliphatic carbocycles. The van der Waals surface area contributed by atoms with E-state index in [0.717, 1.165) is 18.8 Å². The summed E-state index contributed by atoms with van der Waals surface area (Å²) < 4.78 is 5.09. The summed E-state index contributed by atoms with van der Waals surface area (Å²) in [6.07, 6.45) is 2.30. The predicted molar refractivity (Wildman–Crippen MR) is 79.1 cm³/mol. The van der Waals surface area contributed by atoms with E-state index in [-0.39, 0.29) is 6.04 Å². The van der Waals surface area contributed by atoms with Gasteiger partial charge in [0.2, 0.25) is 0 Å². The van der Waals surface area contributed by atoms with Crippen LogP contribution in [-0.4, -0.2) is 24.7 Å². The quantitative estimate of drug-likeness (QED) is 0.829. The zero-order valence-electron chi connectivity index (χ0n) is 11.3. The molecule has 0 radical (unpaired) electrons. The summed E-state index contributed by atoms with van der Waals surface area (Å²) in [7, 11) is 1.76. The van der Waals surface area contributed by atoms with Gasteiger partial charge < -0.3 is 10.5 Å². The second kappa shape index (κ2) is 6.60. The van der Waals surface area contributed by atoms with Gasteiger partial charge in [0.1, 0.15) is 0 Å². The lowest BCUT2D eigenvalue weighted by Gasteiger charge is -2.34. The van der Waals surface area contributed by atoms with Gasteiger partial charge >= 0.3 is 0 Å². The molecule has 3 unspecified atom stereocenters. The first kappa shape index (κ1) is 13.9. The van der Waals surface area contributed by atoms with Gasteiger partial charge in [0.25, 0.3) is 0 Å². The van der Waals surface area contributed by atoms with Crippen LogP contribution in [0.1, 0.15) is 42.9 Å². The second-order valence-corrected chi connectivity index (χ2v) is 6.39. The molecule has 1 aliphatic rings. The van der Waals surface area contributed by atoms with Crippen molar-refractivity contribution in [2.45, 2.75) is 37.0 Å². The Hall–Kier alpha value is -0.510. The fourth-order valence-electron chi connectivity index (χ4n) is 2.70. The maximum Gasteiger partial charge on any atom is 0.0470 e. The minimum atomic E-state index is 0.185. The molecule has 0 amide bonds. The summed E-state index contributed by atoms with van der Waals surface area (Å²) in [5.74, 6) is 1.77. The number of thioether (sulfide) groups is 1. The Balaban J connectivity index is 1.99. The monoisotopic (exact) mass is 265 g/mol. The van der Waals surface area contributed by atoms with Crippen LogP contribution in [0, 0.1) is 0 Å². The van der Waals surface area contributed by atoms with Crippen molar-refractivity contribution in [1.82, 2.24) is 0 Å². The first-order valence-corrected chi connectivity index (χ1v) is 7.74. The second-order valence-electron chi connectivity index (χ2n) is 5.05. The molecule has 0 bridgehead atoms. The third-order valence-electron chi connectivity index (χ3n) is 3.70. The highest BCUT2D eigenvalue weighted by molar-refractivity contribution is 7.99. The van der Waals surface area contributed by atoms with Crippen LogP contribution in [0.15, 0.2) is 24.3 Å². The van der Waals surface area contributed by atoms with Gasteiger partial charge in [0.05, 0.1) is 0 Å². The van der Waals surface area contributed by atoms with E-state index in [0.29, 0.717) is 11.2 Å². The van der Waals surface area contributed by atoms with Gasteiger partial charge in [-0.05, 0) is 35.6 Å². The normalized spacial score (nSPS) is 26.9. The Morgan fingerprint density at radius 2 is 2.06 bits per heavy atom. The molecule has 1 aromatic carbocycles. The molecule has 0 fully saturated rings. The molecule has 0 spiro atoms. The number of rotatable bonds is 5. The summed E-state index contributed by atoms with van der Waals surface area (Å²) in [6, 6.07) is 8.83. The van der Waals surface area contributed by atoms with Crippen LogP contribution in [0.25, 0.3) is 0 Å². The number of ether oxygens (including phenoxy) is 1. The van der Waals surface area contributed by atoms with Crippen molar-refractivity contribution in [2.24, 2.45) is 5.73 Å². The topological polar surface area (TPSA) is 35.2 Å². The minimum Gasteiger partial charge on any atom is -0.385 e. The van der Waals surface area contributed by atoms with E-state index < -0.39 is 0 Å². The number of benzene rings is 1. The first-order valence-electron chi connectivity index (χ1n) is 6.69. The molecule has 3 atom stereocenters. The van der Waals surface area contributed by atoms with Crippen LogP contribution in [0.5, 0.6) is 0 Å². The van der Waals surface area contributed by atoms with Gasteiger partial charge in [-0.25, -0.2) is 0 Å². The Morgan fingerprint density at radius 3 is 2.78 bits per heavy atom. The van der Waals surface area contributed by atoms with Gasteiger partial charge in [0.15, 0.2) is 0 Å². The summed E-state index contributed by atoms with van der Waals surface area (Å²) in [6.45, 7) is 3.16. The van der Waals surface area contributed by atoms with E-state index in [2.05, 4.69) is 31.2 Å². The average Bonchev–Trinajstić information content (AvgIpc) is 2.40. The molecule has 3 heteroatoms. The number of methoxy groups -OCH3 is 1. The largest absolute Gasteiger partial charge is 0.385 e.